The number of hydrogen-bond acceptors (Lipinski definition) is 4. The molecule has 0 bridgehead atoms. The molecule has 6 nitrogen and oxygen atoms in total. The van der Waals surface area contributed by atoms with Crippen LogP contribution in [0.2, 0.25) is 0 Å². The molecule has 0 spiro atoms. The van der Waals surface area contributed by atoms with Gasteiger partial charge in [-0.3, -0.25) is 4.79 Å². The first-order valence-electron chi connectivity index (χ1n) is 8.05. The van der Waals surface area contributed by atoms with E-state index in [2.05, 4.69) is 5.32 Å². The maximum Gasteiger partial charge on any atom is 0.341 e. The fourth-order valence-corrected chi connectivity index (χ4v) is 2.25. The molecule has 0 aromatic heterocycles. The Morgan fingerprint density at radius 3 is 2.52 bits per heavy atom. The number of rotatable bonds is 8. The first-order valence-corrected chi connectivity index (χ1v) is 8.05. The lowest BCUT2D eigenvalue weighted by Crippen LogP contribution is -2.13. The van der Waals surface area contributed by atoms with Crippen LogP contribution in [0.5, 0.6) is 11.5 Å². The number of anilines is 1. The van der Waals surface area contributed by atoms with Crippen molar-refractivity contribution in [1.29, 1.82) is 0 Å². The Hall–Kier alpha value is -3.02. The zero-order chi connectivity index (χ0) is 18.2. The number of amides is 1. The van der Waals surface area contributed by atoms with Gasteiger partial charge in [0, 0.05) is 11.3 Å². The molecular weight excluding hydrogens is 322 g/mol. The molecule has 0 aliphatic heterocycles. The average molecular weight is 343 g/mol. The van der Waals surface area contributed by atoms with Crippen molar-refractivity contribution in [1.82, 2.24) is 0 Å². The molecule has 0 aliphatic carbocycles. The fourth-order valence-electron chi connectivity index (χ4n) is 2.25. The highest BCUT2D eigenvalue weighted by atomic mass is 16.5. The number of ether oxygens (including phenoxy) is 2. The van der Waals surface area contributed by atoms with E-state index in [-0.39, 0.29) is 11.7 Å². The van der Waals surface area contributed by atoms with E-state index >= 15 is 0 Å². The molecule has 2 rings (SSSR count). The zero-order valence-corrected chi connectivity index (χ0v) is 14.2. The summed E-state index contributed by atoms with van der Waals surface area (Å²) >= 11 is 0. The van der Waals surface area contributed by atoms with Gasteiger partial charge in [0.2, 0.25) is 0 Å². The number of carbonyl (C=O) groups is 2. The van der Waals surface area contributed by atoms with E-state index in [9.17, 15) is 9.59 Å². The Balaban J connectivity index is 2.18. The number of carbonyl (C=O) groups excluding carboxylic acids is 1. The lowest BCUT2D eigenvalue weighted by Gasteiger charge is -2.12. The zero-order valence-electron chi connectivity index (χ0n) is 14.2. The van der Waals surface area contributed by atoms with E-state index in [1.165, 1.54) is 6.07 Å². The number of nitrogens with one attached hydrogen (secondary N) is 1. The van der Waals surface area contributed by atoms with Gasteiger partial charge in [0.15, 0.2) is 18.1 Å². The number of carboxylic acid groups (broad SMARTS) is 1. The van der Waals surface area contributed by atoms with E-state index < -0.39 is 12.6 Å². The van der Waals surface area contributed by atoms with Crippen molar-refractivity contribution < 1.29 is 24.2 Å². The monoisotopic (exact) mass is 343 g/mol. The molecule has 2 aromatic carbocycles. The number of hydrogen-bond donors (Lipinski definition) is 2. The van der Waals surface area contributed by atoms with Gasteiger partial charge in [0.25, 0.3) is 5.91 Å². The van der Waals surface area contributed by atoms with Gasteiger partial charge in [-0.2, -0.15) is 0 Å². The van der Waals surface area contributed by atoms with Crippen molar-refractivity contribution in [3.63, 3.8) is 0 Å². The van der Waals surface area contributed by atoms with Crippen molar-refractivity contribution in [3.8, 4) is 11.5 Å². The van der Waals surface area contributed by atoms with Crippen LogP contribution in [0.4, 0.5) is 5.69 Å². The van der Waals surface area contributed by atoms with Crippen molar-refractivity contribution >= 4 is 17.6 Å². The second-order valence-corrected chi connectivity index (χ2v) is 5.28. The van der Waals surface area contributed by atoms with Crippen LogP contribution < -0.4 is 14.8 Å². The molecule has 2 N–H and O–H groups in total. The molecule has 132 valence electrons. The molecule has 0 saturated carbocycles. The van der Waals surface area contributed by atoms with Crippen LogP contribution in [-0.2, 0) is 11.2 Å². The number of benzene rings is 2. The van der Waals surface area contributed by atoms with Crippen molar-refractivity contribution in [2.45, 2.75) is 20.3 Å². The Morgan fingerprint density at radius 2 is 1.84 bits per heavy atom. The first-order chi connectivity index (χ1) is 12.0. The SMILES string of the molecule is CCOc1cc(C(=O)Nc2cccc(CC)c2)ccc1OCC(=O)O. The van der Waals surface area contributed by atoms with Gasteiger partial charge in [0.05, 0.1) is 6.61 Å². The Labute approximate surface area is 146 Å². The van der Waals surface area contributed by atoms with Gasteiger partial charge in [-0.1, -0.05) is 19.1 Å². The molecule has 0 fully saturated rings. The van der Waals surface area contributed by atoms with Crippen molar-refractivity contribution in [2.24, 2.45) is 0 Å². The lowest BCUT2D eigenvalue weighted by atomic mass is 10.1. The molecule has 0 radical (unpaired) electrons. The summed E-state index contributed by atoms with van der Waals surface area (Å²) in [7, 11) is 0. The molecule has 2 aromatic rings. The van der Waals surface area contributed by atoms with Crippen LogP contribution in [0.25, 0.3) is 0 Å². The minimum atomic E-state index is -1.08. The second kappa shape index (κ2) is 8.73. The van der Waals surface area contributed by atoms with Gasteiger partial charge in [-0.05, 0) is 49.2 Å². The third-order valence-electron chi connectivity index (χ3n) is 3.45. The van der Waals surface area contributed by atoms with E-state index in [0.29, 0.717) is 23.6 Å². The van der Waals surface area contributed by atoms with Crippen molar-refractivity contribution in [3.05, 3.63) is 53.6 Å². The minimum absolute atomic E-state index is 0.279. The lowest BCUT2D eigenvalue weighted by molar-refractivity contribution is -0.139. The average Bonchev–Trinajstić information content (AvgIpc) is 2.60. The first kappa shape index (κ1) is 18.3. The molecular formula is C19H21NO5. The van der Waals surface area contributed by atoms with Gasteiger partial charge < -0.3 is 19.9 Å². The normalized spacial score (nSPS) is 10.2. The van der Waals surface area contributed by atoms with Crippen LogP contribution >= 0.6 is 0 Å². The maximum absolute atomic E-state index is 12.4. The predicted octanol–water partition coefficient (Wildman–Crippen LogP) is 3.36. The van der Waals surface area contributed by atoms with Gasteiger partial charge in [0.1, 0.15) is 0 Å². The summed E-state index contributed by atoms with van der Waals surface area (Å²) in [6, 6.07) is 12.3. The molecule has 1 amide bonds. The van der Waals surface area contributed by atoms with E-state index in [1.54, 1.807) is 19.1 Å². The standard InChI is InChI=1S/C19H21NO5/c1-3-13-6-5-7-15(10-13)20-19(23)14-8-9-16(25-12-18(21)22)17(11-14)24-4-2/h5-11H,3-4,12H2,1-2H3,(H,20,23)(H,21,22). The smallest absolute Gasteiger partial charge is 0.341 e. The quantitative estimate of drug-likeness (QED) is 0.768. The van der Waals surface area contributed by atoms with Gasteiger partial charge in [-0.25, -0.2) is 4.79 Å². The third-order valence-corrected chi connectivity index (χ3v) is 3.45. The van der Waals surface area contributed by atoms with Crippen LogP contribution in [0.15, 0.2) is 42.5 Å². The number of aliphatic carboxylic acids is 1. The second-order valence-electron chi connectivity index (χ2n) is 5.28. The Morgan fingerprint density at radius 1 is 1.04 bits per heavy atom. The largest absolute Gasteiger partial charge is 0.490 e. The Bertz CT molecular complexity index is 757. The molecule has 0 aliphatic rings. The van der Waals surface area contributed by atoms with E-state index in [4.69, 9.17) is 14.6 Å². The van der Waals surface area contributed by atoms with Crippen LogP contribution in [0.3, 0.4) is 0 Å². The summed E-state index contributed by atoms with van der Waals surface area (Å²) < 4.78 is 10.6. The summed E-state index contributed by atoms with van der Waals surface area (Å²) in [5.74, 6) is -0.744. The highest BCUT2D eigenvalue weighted by molar-refractivity contribution is 6.04. The van der Waals surface area contributed by atoms with Gasteiger partial charge in [-0.15, -0.1) is 0 Å². The number of carboxylic acids is 1. The minimum Gasteiger partial charge on any atom is -0.490 e. The summed E-state index contributed by atoms with van der Waals surface area (Å²) in [4.78, 5) is 23.1. The van der Waals surface area contributed by atoms with E-state index in [1.807, 2.05) is 31.2 Å². The third kappa shape index (κ3) is 5.24. The highest BCUT2D eigenvalue weighted by Crippen LogP contribution is 2.29. The van der Waals surface area contributed by atoms with E-state index in [0.717, 1.165) is 12.0 Å². The molecule has 0 unspecified atom stereocenters. The van der Waals surface area contributed by atoms with Crippen molar-refractivity contribution in [2.75, 3.05) is 18.5 Å². The molecule has 6 heteroatoms. The maximum atomic E-state index is 12.4. The summed E-state index contributed by atoms with van der Waals surface area (Å²) in [5.41, 5.74) is 2.24. The van der Waals surface area contributed by atoms with Gasteiger partial charge >= 0.3 is 5.97 Å². The number of aryl methyl sites for hydroxylation is 1. The predicted molar refractivity (Wildman–Crippen MR) is 94.5 cm³/mol. The molecule has 25 heavy (non-hydrogen) atoms. The summed E-state index contributed by atoms with van der Waals surface area (Å²) in [6.07, 6.45) is 0.883. The van der Waals surface area contributed by atoms with Crippen LogP contribution in [0, 0.1) is 0 Å². The molecule has 0 saturated heterocycles. The molecule has 0 heterocycles. The Kier molecular flexibility index (Phi) is 6.39. The highest BCUT2D eigenvalue weighted by Gasteiger charge is 2.13. The fraction of sp³-hybridized carbons (Fsp3) is 0.263. The van der Waals surface area contributed by atoms with Crippen LogP contribution in [0.1, 0.15) is 29.8 Å². The molecule has 0 atom stereocenters. The summed E-state index contributed by atoms with van der Waals surface area (Å²) in [5, 5.41) is 11.6. The topological polar surface area (TPSA) is 84.9 Å². The van der Waals surface area contributed by atoms with Crippen LogP contribution in [-0.4, -0.2) is 30.2 Å². The summed E-state index contributed by atoms with van der Waals surface area (Å²) in [6.45, 7) is 3.73.